The lowest BCUT2D eigenvalue weighted by Gasteiger charge is -2.12. The molecule has 0 fully saturated rings. The van der Waals surface area contributed by atoms with Crippen LogP contribution in [-0.2, 0) is 16.0 Å². The third-order valence-electron chi connectivity index (χ3n) is 5.75. The van der Waals surface area contributed by atoms with E-state index in [1.807, 2.05) is 13.0 Å². The standard InChI is InChI=1S/C25H25N5O5/c1-15-20-9-8-19(34-3)12-22(20)35-25(33)21(15)10-11-23(31)28-17-4-6-18(7-5-17)29-24(32)16(2)30-14-26-13-27-30/h4-9,12-14,16H,10-11H2,1-3H3,(H,28,31)(H,29,32). The molecule has 0 aliphatic heterocycles. The highest BCUT2D eigenvalue weighted by Gasteiger charge is 2.16. The average Bonchev–Trinajstić information content (AvgIpc) is 3.39. The summed E-state index contributed by atoms with van der Waals surface area (Å²) in [6.07, 6.45) is 3.20. The van der Waals surface area contributed by atoms with Crippen LogP contribution < -0.4 is 21.0 Å². The third-order valence-corrected chi connectivity index (χ3v) is 5.75. The van der Waals surface area contributed by atoms with Gasteiger partial charge in [-0.15, -0.1) is 0 Å². The Morgan fingerprint density at radius 1 is 1.11 bits per heavy atom. The lowest BCUT2D eigenvalue weighted by atomic mass is 10.0. The number of nitrogens with zero attached hydrogens (tertiary/aromatic N) is 3. The topological polar surface area (TPSA) is 128 Å². The summed E-state index contributed by atoms with van der Waals surface area (Å²) in [5.41, 5.74) is 2.40. The van der Waals surface area contributed by atoms with E-state index in [1.165, 1.54) is 17.3 Å². The molecule has 35 heavy (non-hydrogen) atoms. The number of aryl methyl sites for hydroxylation is 1. The molecule has 4 aromatic rings. The van der Waals surface area contributed by atoms with Gasteiger partial charge in [0.15, 0.2) is 0 Å². The normalized spacial score (nSPS) is 11.7. The van der Waals surface area contributed by atoms with Gasteiger partial charge in [-0.25, -0.2) is 14.5 Å². The first-order chi connectivity index (χ1) is 16.9. The molecule has 1 unspecified atom stereocenters. The van der Waals surface area contributed by atoms with Gasteiger partial charge in [-0.1, -0.05) is 0 Å². The van der Waals surface area contributed by atoms with Gasteiger partial charge in [0.25, 0.3) is 0 Å². The predicted octanol–water partition coefficient (Wildman–Crippen LogP) is 3.47. The summed E-state index contributed by atoms with van der Waals surface area (Å²) in [6.45, 7) is 3.56. The van der Waals surface area contributed by atoms with E-state index in [2.05, 4.69) is 20.7 Å². The van der Waals surface area contributed by atoms with Crippen LogP contribution in [0.25, 0.3) is 11.0 Å². The first-order valence-electron chi connectivity index (χ1n) is 11.0. The highest BCUT2D eigenvalue weighted by atomic mass is 16.5. The number of carbonyl (C=O) groups excluding carboxylic acids is 2. The molecule has 0 aliphatic rings. The Morgan fingerprint density at radius 3 is 2.49 bits per heavy atom. The molecule has 2 aromatic carbocycles. The van der Waals surface area contributed by atoms with Crippen LogP contribution in [0.5, 0.6) is 5.75 Å². The van der Waals surface area contributed by atoms with E-state index in [-0.39, 0.29) is 24.7 Å². The van der Waals surface area contributed by atoms with Gasteiger partial charge in [0.2, 0.25) is 11.8 Å². The molecule has 4 rings (SSSR count). The van der Waals surface area contributed by atoms with Crippen molar-refractivity contribution in [1.29, 1.82) is 0 Å². The maximum absolute atomic E-state index is 12.5. The summed E-state index contributed by atoms with van der Waals surface area (Å²) < 4.78 is 12.1. The third kappa shape index (κ3) is 5.37. The molecule has 10 heteroatoms. The second kappa shape index (κ2) is 10.2. The van der Waals surface area contributed by atoms with Crippen LogP contribution >= 0.6 is 0 Å². The van der Waals surface area contributed by atoms with Crippen molar-refractivity contribution in [2.75, 3.05) is 17.7 Å². The van der Waals surface area contributed by atoms with E-state index in [0.717, 1.165) is 10.9 Å². The van der Waals surface area contributed by atoms with E-state index < -0.39 is 11.7 Å². The summed E-state index contributed by atoms with van der Waals surface area (Å²) in [6, 6.07) is 11.6. The molecule has 180 valence electrons. The fourth-order valence-corrected chi connectivity index (χ4v) is 3.67. The molecule has 2 heterocycles. The second-order valence-electron chi connectivity index (χ2n) is 8.02. The van der Waals surface area contributed by atoms with Gasteiger partial charge in [0, 0.05) is 34.8 Å². The minimum absolute atomic E-state index is 0.112. The highest BCUT2D eigenvalue weighted by Crippen LogP contribution is 2.24. The Hall–Kier alpha value is -4.47. The van der Waals surface area contributed by atoms with Crippen molar-refractivity contribution < 1.29 is 18.7 Å². The second-order valence-corrected chi connectivity index (χ2v) is 8.02. The summed E-state index contributed by atoms with van der Waals surface area (Å²) in [5, 5.41) is 10.4. The number of benzene rings is 2. The number of methoxy groups -OCH3 is 1. The number of carbonyl (C=O) groups is 2. The van der Waals surface area contributed by atoms with Crippen LogP contribution in [0.15, 0.2) is 64.3 Å². The number of hydrogen-bond acceptors (Lipinski definition) is 7. The minimum Gasteiger partial charge on any atom is -0.497 e. The molecule has 0 saturated carbocycles. The molecular weight excluding hydrogens is 450 g/mol. The molecule has 10 nitrogen and oxygen atoms in total. The smallest absolute Gasteiger partial charge is 0.339 e. The number of fused-ring (bicyclic) bond motifs is 1. The Labute approximate surface area is 200 Å². The molecule has 0 spiro atoms. The zero-order valence-electron chi connectivity index (χ0n) is 19.6. The van der Waals surface area contributed by atoms with Gasteiger partial charge in [-0.05, 0) is 62.2 Å². The van der Waals surface area contributed by atoms with Gasteiger partial charge < -0.3 is 19.8 Å². The predicted molar refractivity (Wildman–Crippen MR) is 131 cm³/mol. The van der Waals surface area contributed by atoms with Crippen molar-refractivity contribution in [3.63, 3.8) is 0 Å². The van der Waals surface area contributed by atoms with Crippen LogP contribution in [0.2, 0.25) is 0 Å². The molecule has 0 radical (unpaired) electrons. The van der Waals surface area contributed by atoms with Gasteiger partial charge in [0.1, 0.15) is 30.0 Å². The van der Waals surface area contributed by atoms with E-state index in [0.29, 0.717) is 28.3 Å². The van der Waals surface area contributed by atoms with Crippen LogP contribution in [-0.4, -0.2) is 33.7 Å². The van der Waals surface area contributed by atoms with Crippen molar-refractivity contribution in [3.8, 4) is 5.75 Å². The molecule has 2 N–H and O–H groups in total. The number of nitrogens with one attached hydrogen (secondary N) is 2. The van der Waals surface area contributed by atoms with Crippen LogP contribution in [0, 0.1) is 6.92 Å². The zero-order chi connectivity index (χ0) is 24.9. The maximum Gasteiger partial charge on any atom is 0.339 e. The fraction of sp³-hybridized carbons (Fsp3) is 0.240. The number of amides is 2. The van der Waals surface area contributed by atoms with E-state index in [1.54, 1.807) is 50.4 Å². The van der Waals surface area contributed by atoms with E-state index in [9.17, 15) is 14.4 Å². The van der Waals surface area contributed by atoms with E-state index >= 15 is 0 Å². The van der Waals surface area contributed by atoms with Gasteiger partial charge >= 0.3 is 5.63 Å². The minimum atomic E-state index is -0.518. The van der Waals surface area contributed by atoms with Crippen molar-refractivity contribution in [3.05, 3.63) is 76.7 Å². The maximum atomic E-state index is 12.5. The average molecular weight is 476 g/mol. The Kier molecular flexibility index (Phi) is 6.91. The number of aromatic nitrogens is 3. The zero-order valence-corrected chi connectivity index (χ0v) is 19.6. The first-order valence-corrected chi connectivity index (χ1v) is 11.0. The van der Waals surface area contributed by atoms with Crippen LogP contribution in [0.4, 0.5) is 11.4 Å². The van der Waals surface area contributed by atoms with Gasteiger partial charge in [-0.3, -0.25) is 9.59 Å². The van der Waals surface area contributed by atoms with Crippen molar-refractivity contribution in [1.82, 2.24) is 14.8 Å². The lowest BCUT2D eigenvalue weighted by molar-refractivity contribution is -0.119. The molecule has 2 amide bonds. The lowest BCUT2D eigenvalue weighted by Crippen LogP contribution is -2.24. The number of ether oxygens (including phenoxy) is 1. The number of rotatable bonds is 8. The molecule has 0 aliphatic carbocycles. The van der Waals surface area contributed by atoms with Crippen molar-refractivity contribution in [2.45, 2.75) is 32.7 Å². The van der Waals surface area contributed by atoms with Gasteiger partial charge in [-0.2, -0.15) is 5.10 Å². The summed E-state index contributed by atoms with van der Waals surface area (Å²) in [4.78, 5) is 41.2. The van der Waals surface area contributed by atoms with Crippen molar-refractivity contribution >= 4 is 34.2 Å². The number of hydrogen-bond donors (Lipinski definition) is 2. The van der Waals surface area contributed by atoms with E-state index in [4.69, 9.17) is 9.15 Å². The van der Waals surface area contributed by atoms with Gasteiger partial charge in [0.05, 0.1) is 7.11 Å². The summed E-state index contributed by atoms with van der Waals surface area (Å²) in [5.74, 6) is 0.119. The fourth-order valence-electron chi connectivity index (χ4n) is 3.67. The molecule has 0 bridgehead atoms. The molecular formula is C25H25N5O5. The summed E-state index contributed by atoms with van der Waals surface area (Å²) >= 11 is 0. The van der Waals surface area contributed by atoms with Crippen molar-refractivity contribution in [2.24, 2.45) is 0 Å². The van der Waals surface area contributed by atoms with Crippen LogP contribution in [0.1, 0.15) is 30.5 Å². The summed E-state index contributed by atoms with van der Waals surface area (Å²) in [7, 11) is 1.55. The molecule has 0 saturated heterocycles. The Bertz CT molecular complexity index is 1410. The Morgan fingerprint density at radius 2 is 1.83 bits per heavy atom. The highest BCUT2D eigenvalue weighted by molar-refractivity contribution is 5.94. The van der Waals surface area contributed by atoms with Crippen LogP contribution in [0.3, 0.4) is 0 Å². The first kappa shape index (κ1) is 23.7. The molecule has 1 atom stereocenters. The largest absolute Gasteiger partial charge is 0.497 e. The molecule has 2 aromatic heterocycles. The Balaban J connectivity index is 1.35. The SMILES string of the molecule is COc1ccc2c(C)c(CCC(=O)Nc3ccc(NC(=O)C(C)n4cncn4)cc3)c(=O)oc2c1. The monoisotopic (exact) mass is 475 g/mol. The number of anilines is 2. The quantitative estimate of drug-likeness (QED) is 0.373.